The van der Waals surface area contributed by atoms with Gasteiger partial charge in [0.1, 0.15) is 21.9 Å². The zero-order valence-corrected chi connectivity index (χ0v) is 16.8. The van der Waals surface area contributed by atoms with Gasteiger partial charge in [-0.2, -0.15) is 0 Å². The maximum Gasteiger partial charge on any atom is 0.230 e. The molecule has 0 saturated heterocycles. The minimum Gasteiger partial charge on any atom is -0.497 e. The van der Waals surface area contributed by atoms with Crippen LogP contribution in [-0.2, 0) is 24.2 Å². The maximum absolute atomic E-state index is 12.3. The Morgan fingerprint density at radius 1 is 1.22 bits per heavy atom. The molecule has 1 N–H and O–H groups in total. The summed E-state index contributed by atoms with van der Waals surface area (Å²) in [6.07, 6.45) is 6.33. The summed E-state index contributed by atoms with van der Waals surface area (Å²) < 4.78 is 5.15. The molecule has 140 valence electrons. The SMILES string of the molecule is COc1ccc(CNC(=O)CSc2ncnc3sc4c(c23)CCCC4)cc1. The number of fused-ring (bicyclic) bond motifs is 3. The van der Waals surface area contributed by atoms with E-state index in [0.717, 1.165) is 34.0 Å². The molecule has 0 fully saturated rings. The van der Waals surface area contributed by atoms with Crippen LogP contribution >= 0.6 is 23.1 Å². The molecule has 27 heavy (non-hydrogen) atoms. The first-order valence-electron chi connectivity index (χ1n) is 9.02. The van der Waals surface area contributed by atoms with Gasteiger partial charge in [-0.15, -0.1) is 11.3 Å². The van der Waals surface area contributed by atoms with Crippen LogP contribution in [0.4, 0.5) is 0 Å². The van der Waals surface area contributed by atoms with Crippen LogP contribution in [0.5, 0.6) is 5.75 Å². The summed E-state index contributed by atoms with van der Waals surface area (Å²) in [5.74, 6) is 1.17. The van der Waals surface area contributed by atoms with Gasteiger partial charge < -0.3 is 10.1 Å². The molecule has 4 rings (SSSR count). The topological polar surface area (TPSA) is 64.1 Å². The second-order valence-electron chi connectivity index (χ2n) is 6.48. The second-order valence-corrected chi connectivity index (χ2v) is 8.53. The molecule has 7 heteroatoms. The van der Waals surface area contributed by atoms with Gasteiger partial charge in [-0.05, 0) is 48.9 Å². The zero-order valence-electron chi connectivity index (χ0n) is 15.2. The zero-order chi connectivity index (χ0) is 18.6. The van der Waals surface area contributed by atoms with Crippen molar-refractivity contribution in [1.82, 2.24) is 15.3 Å². The first kappa shape index (κ1) is 18.3. The first-order chi connectivity index (χ1) is 13.2. The van der Waals surface area contributed by atoms with Crippen molar-refractivity contribution in [1.29, 1.82) is 0 Å². The Bertz CT molecular complexity index is 954. The minimum atomic E-state index is 0.00618. The van der Waals surface area contributed by atoms with E-state index in [4.69, 9.17) is 4.74 Å². The van der Waals surface area contributed by atoms with Gasteiger partial charge in [0, 0.05) is 16.8 Å². The molecule has 1 aliphatic rings. The number of thiophene rings is 1. The molecule has 3 aromatic rings. The Labute approximate surface area is 166 Å². The largest absolute Gasteiger partial charge is 0.497 e. The van der Waals surface area contributed by atoms with Gasteiger partial charge in [-0.1, -0.05) is 23.9 Å². The number of benzene rings is 1. The maximum atomic E-state index is 12.3. The van der Waals surface area contributed by atoms with Crippen molar-refractivity contribution in [2.45, 2.75) is 37.3 Å². The number of thioether (sulfide) groups is 1. The Morgan fingerprint density at radius 2 is 2.04 bits per heavy atom. The molecule has 2 heterocycles. The van der Waals surface area contributed by atoms with E-state index in [-0.39, 0.29) is 5.91 Å². The molecule has 0 atom stereocenters. The number of methoxy groups -OCH3 is 1. The van der Waals surface area contributed by atoms with E-state index in [0.29, 0.717) is 12.3 Å². The fraction of sp³-hybridized carbons (Fsp3) is 0.350. The first-order valence-corrected chi connectivity index (χ1v) is 10.8. The smallest absolute Gasteiger partial charge is 0.230 e. The van der Waals surface area contributed by atoms with Gasteiger partial charge in [0.25, 0.3) is 0 Å². The van der Waals surface area contributed by atoms with Crippen LogP contribution < -0.4 is 10.1 Å². The number of amides is 1. The molecule has 0 saturated carbocycles. The highest BCUT2D eigenvalue weighted by molar-refractivity contribution is 8.00. The summed E-state index contributed by atoms with van der Waals surface area (Å²) in [4.78, 5) is 23.7. The molecule has 0 spiro atoms. The highest BCUT2D eigenvalue weighted by atomic mass is 32.2. The van der Waals surface area contributed by atoms with Crippen LogP contribution in [0.15, 0.2) is 35.6 Å². The summed E-state index contributed by atoms with van der Waals surface area (Å²) in [6.45, 7) is 0.510. The molecule has 0 unspecified atom stereocenters. The van der Waals surface area contributed by atoms with E-state index in [2.05, 4.69) is 15.3 Å². The molecule has 5 nitrogen and oxygen atoms in total. The molecule has 1 aliphatic carbocycles. The fourth-order valence-corrected chi connectivity index (χ4v) is 5.45. The number of carbonyl (C=O) groups is 1. The summed E-state index contributed by atoms with van der Waals surface area (Å²) >= 11 is 3.28. The van der Waals surface area contributed by atoms with Crippen LogP contribution in [0.2, 0.25) is 0 Å². The van der Waals surface area contributed by atoms with E-state index in [9.17, 15) is 4.79 Å². The van der Waals surface area contributed by atoms with Crippen molar-refractivity contribution in [3.8, 4) is 5.75 Å². The fourth-order valence-electron chi connectivity index (χ4n) is 3.30. The van der Waals surface area contributed by atoms with Gasteiger partial charge in [0.15, 0.2) is 0 Å². The number of nitrogens with zero attached hydrogens (tertiary/aromatic N) is 2. The van der Waals surface area contributed by atoms with E-state index in [1.807, 2.05) is 24.3 Å². The number of rotatable bonds is 6. The standard InChI is InChI=1S/C20H21N3O2S2/c1-25-14-8-6-13(7-9-14)10-21-17(24)11-26-19-18-15-4-2-3-5-16(15)27-20(18)23-12-22-19/h6-9,12H,2-5,10-11H2,1H3,(H,21,24). The van der Waals surface area contributed by atoms with Crippen LogP contribution in [-0.4, -0.2) is 28.7 Å². The van der Waals surface area contributed by atoms with E-state index < -0.39 is 0 Å². The number of aryl methyl sites for hydroxylation is 2. The van der Waals surface area contributed by atoms with Crippen molar-refractivity contribution < 1.29 is 9.53 Å². The van der Waals surface area contributed by atoms with Gasteiger partial charge in [-0.3, -0.25) is 4.79 Å². The lowest BCUT2D eigenvalue weighted by molar-refractivity contribution is -0.118. The Hall–Kier alpha value is -2.12. The lowest BCUT2D eigenvalue weighted by atomic mass is 9.97. The number of aromatic nitrogens is 2. The van der Waals surface area contributed by atoms with E-state index in [1.54, 1.807) is 24.8 Å². The van der Waals surface area contributed by atoms with Gasteiger partial charge in [0.05, 0.1) is 12.9 Å². The third-order valence-corrected chi connectivity index (χ3v) is 6.89. The molecule has 2 aromatic heterocycles. The van der Waals surface area contributed by atoms with E-state index >= 15 is 0 Å². The number of hydrogen-bond acceptors (Lipinski definition) is 6. The van der Waals surface area contributed by atoms with Crippen LogP contribution in [0.25, 0.3) is 10.2 Å². The second kappa shape index (κ2) is 8.27. The Morgan fingerprint density at radius 3 is 2.85 bits per heavy atom. The third-order valence-electron chi connectivity index (χ3n) is 4.71. The van der Waals surface area contributed by atoms with Crippen LogP contribution in [0.1, 0.15) is 28.8 Å². The molecule has 0 bridgehead atoms. The van der Waals surface area contributed by atoms with Crippen molar-refractivity contribution in [2.75, 3.05) is 12.9 Å². The average molecular weight is 400 g/mol. The highest BCUT2D eigenvalue weighted by Crippen LogP contribution is 2.39. The van der Waals surface area contributed by atoms with Gasteiger partial charge in [0.2, 0.25) is 5.91 Å². The summed E-state index contributed by atoms with van der Waals surface area (Å²) in [5.41, 5.74) is 2.45. The molecule has 1 amide bonds. The van der Waals surface area contributed by atoms with Crippen molar-refractivity contribution in [2.24, 2.45) is 0 Å². The molecular weight excluding hydrogens is 378 g/mol. The minimum absolute atomic E-state index is 0.00618. The van der Waals surface area contributed by atoms with E-state index in [1.165, 1.54) is 40.4 Å². The van der Waals surface area contributed by atoms with Gasteiger partial charge in [-0.25, -0.2) is 9.97 Å². The Kier molecular flexibility index (Phi) is 5.59. The summed E-state index contributed by atoms with van der Waals surface area (Å²) in [5, 5.41) is 5.07. The number of carbonyl (C=O) groups excluding carboxylic acids is 1. The number of ether oxygens (including phenoxy) is 1. The van der Waals surface area contributed by atoms with Crippen molar-refractivity contribution in [3.63, 3.8) is 0 Å². The average Bonchev–Trinajstić information content (AvgIpc) is 3.10. The third kappa shape index (κ3) is 4.09. The quantitative estimate of drug-likeness (QED) is 0.502. The number of nitrogens with one attached hydrogen (secondary N) is 1. The normalized spacial score (nSPS) is 13.4. The van der Waals surface area contributed by atoms with Crippen LogP contribution in [0.3, 0.4) is 0 Å². The molecular formula is C20H21N3O2S2. The number of hydrogen-bond donors (Lipinski definition) is 1. The van der Waals surface area contributed by atoms with Crippen LogP contribution in [0, 0.1) is 0 Å². The predicted octanol–water partition coefficient (Wildman–Crippen LogP) is 3.99. The van der Waals surface area contributed by atoms with Gasteiger partial charge >= 0.3 is 0 Å². The molecule has 0 aliphatic heterocycles. The predicted molar refractivity (Wildman–Crippen MR) is 110 cm³/mol. The lowest BCUT2D eigenvalue weighted by Gasteiger charge is -2.11. The van der Waals surface area contributed by atoms with Crippen molar-refractivity contribution in [3.05, 3.63) is 46.6 Å². The summed E-state index contributed by atoms with van der Waals surface area (Å²) in [7, 11) is 1.64. The monoisotopic (exact) mass is 399 g/mol. The summed E-state index contributed by atoms with van der Waals surface area (Å²) in [6, 6.07) is 7.71. The van der Waals surface area contributed by atoms with Crippen molar-refractivity contribution >= 4 is 39.2 Å². The Balaban J connectivity index is 1.39. The highest BCUT2D eigenvalue weighted by Gasteiger charge is 2.20. The lowest BCUT2D eigenvalue weighted by Crippen LogP contribution is -2.24. The molecule has 1 aromatic carbocycles. The molecule has 0 radical (unpaired) electrons.